The van der Waals surface area contributed by atoms with Crippen molar-refractivity contribution >= 4 is 27.5 Å². The van der Waals surface area contributed by atoms with E-state index in [0.717, 1.165) is 47.2 Å². The third kappa shape index (κ3) is 2.34. The van der Waals surface area contributed by atoms with Crippen LogP contribution in [0, 0.1) is 30.1 Å². The molecule has 0 saturated heterocycles. The second-order valence-corrected chi connectivity index (χ2v) is 8.49. The van der Waals surface area contributed by atoms with Gasteiger partial charge in [0.2, 0.25) is 5.91 Å². The summed E-state index contributed by atoms with van der Waals surface area (Å²) < 4.78 is 0.978. The molecule has 4 fully saturated rings. The molecule has 0 aromatic heterocycles. The third-order valence-electron chi connectivity index (χ3n) is 5.89. The zero-order valence-corrected chi connectivity index (χ0v) is 14.1. The van der Waals surface area contributed by atoms with E-state index in [1.165, 1.54) is 24.8 Å². The zero-order valence-electron chi connectivity index (χ0n) is 12.5. The van der Waals surface area contributed by atoms with Gasteiger partial charge in [-0.3, -0.25) is 4.79 Å². The van der Waals surface area contributed by atoms with E-state index in [1.54, 1.807) is 0 Å². The van der Waals surface area contributed by atoms with E-state index < -0.39 is 0 Å². The Kier molecular flexibility index (Phi) is 3.18. The van der Waals surface area contributed by atoms with Crippen molar-refractivity contribution in [2.75, 3.05) is 5.32 Å². The lowest BCUT2D eigenvalue weighted by Crippen LogP contribution is -2.51. The molecule has 4 aliphatic carbocycles. The highest BCUT2D eigenvalue weighted by molar-refractivity contribution is 9.10. The first kappa shape index (κ1) is 13.8. The van der Waals surface area contributed by atoms with Gasteiger partial charge >= 0.3 is 0 Å². The van der Waals surface area contributed by atoms with Crippen molar-refractivity contribution in [2.24, 2.45) is 23.2 Å². The SMILES string of the molecule is Cc1ccc(Br)c(NC(=O)C23CC4CC(CC(C4)C2)C3)c1. The summed E-state index contributed by atoms with van der Waals surface area (Å²) in [6, 6.07) is 6.14. The molecule has 0 spiro atoms. The lowest BCUT2D eigenvalue weighted by atomic mass is 9.49. The summed E-state index contributed by atoms with van der Waals surface area (Å²) in [6.07, 6.45) is 7.48. The van der Waals surface area contributed by atoms with Crippen molar-refractivity contribution in [3.05, 3.63) is 28.2 Å². The van der Waals surface area contributed by atoms with Crippen LogP contribution in [0.3, 0.4) is 0 Å². The van der Waals surface area contributed by atoms with Gasteiger partial charge in [0.15, 0.2) is 0 Å². The number of halogens is 1. The number of amides is 1. The third-order valence-corrected chi connectivity index (χ3v) is 6.58. The molecule has 0 aliphatic heterocycles. The van der Waals surface area contributed by atoms with E-state index >= 15 is 0 Å². The Morgan fingerprint density at radius 2 is 1.71 bits per heavy atom. The maximum absolute atomic E-state index is 13.0. The van der Waals surface area contributed by atoms with Crippen LogP contribution in [0.2, 0.25) is 0 Å². The Hall–Kier alpha value is -0.830. The first-order valence-corrected chi connectivity index (χ1v) is 8.91. The van der Waals surface area contributed by atoms with Gasteiger partial charge in [-0.2, -0.15) is 0 Å². The number of carbonyl (C=O) groups is 1. The maximum atomic E-state index is 13.0. The molecule has 0 radical (unpaired) electrons. The molecule has 1 N–H and O–H groups in total. The number of anilines is 1. The second kappa shape index (κ2) is 4.84. The molecule has 1 amide bonds. The first-order valence-electron chi connectivity index (χ1n) is 8.12. The van der Waals surface area contributed by atoms with Gasteiger partial charge in [0.1, 0.15) is 0 Å². The maximum Gasteiger partial charge on any atom is 0.230 e. The summed E-state index contributed by atoms with van der Waals surface area (Å²) in [5.74, 6) is 2.70. The fraction of sp³-hybridized carbons (Fsp3) is 0.611. The number of hydrogen-bond acceptors (Lipinski definition) is 1. The fourth-order valence-corrected chi connectivity index (χ4v) is 5.72. The summed E-state index contributed by atoms with van der Waals surface area (Å²) in [7, 11) is 0. The molecular weight excluding hydrogens is 326 g/mol. The molecule has 3 heteroatoms. The van der Waals surface area contributed by atoms with Crippen molar-refractivity contribution in [3.63, 3.8) is 0 Å². The normalized spacial score (nSPS) is 36.8. The molecular formula is C18H22BrNO. The average molecular weight is 348 g/mol. The lowest BCUT2D eigenvalue weighted by molar-refractivity contribution is -0.140. The average Bonchev–Trinajstić information content (AvgIpc) is 2.41. The van der Waals surface area contributed by atoms with Crippen LogP contribution in [-0.4, -0.2) is 5.91 Å². The topological polar surface area (TPSA) is 29.1 Å². The van der Waals surface area contributed by atoms with Gasteiger partial charge in [-0.25, -0.2) is 0 Å². The Morgan fingerprint density at radius 1 is 1.14 bits per heavy atom. The van der Waals surface area contributed by atoms with E-state index in [4.69, 9.17) is 0 Å². The van der Waals surface area contributed by atoms with Crippen molar-refractivity contribution in [2.45, 2.75) is 45.4 Å². The first-order chi connectivity index (χ1) is 10.0. The number of benzene rings is 1. The highest BCUT2D eigenvalue weighted by atomic mass is 79.9. The minimum atomic E-state index is -0.0715. The predicted octanol–water partition coefficient (Wildman–Crippen LogP) is 4.91. The van der Waals surface area contributed by atoms with E-state index in [2.05, 4.69) is 40.3 Å². The van der Waals surface area contributed by atoms with Crippen LogP contribution in [0.5, 0.6) is 0 Å². The van der Waals surface area contributed by atoms with Crippen LogP contribution in [0.25, 0.3) is 0 Å². The molecule has 112 valence electrons. The predicted molar refractivity (Wildman–Crippen MR) is 88.1 cm³/mol. The Bertz CT molecular complexity index is 560. The van der Waals surface area contributed by atoms with E-state index in [0.29, 0.717) is 0 Å². The molecule has 4 aliphatic rings. The Balaban J connectivity index is 1.59. The van der Waals surface area contributed by atoms with Gasteiger partial charge in [-0.05, 0) is 96.8 Å². The number of hydrogen-bond donors (Lipinski definition) is 1. The largest absolute Gasteiger partial charge is 0.325 e. The minimum absolute atomic E-state index is 0.0715. The number of rotatable bonds is 2. The molecule has 5 rings (SSSR count). The minimum Gasteiger partial charge on any atom is -0.325 e. The highest BCUT2D eigenvalue weighted by Gasteiger charge is 2.54. The van der Waals surface area contributed by atoms with Crippen LogP contribution in [0.1, 0.15) is 44.1 Å². The summed E-state index contributed by atoms with van der Waals surface area (Å²) in [6.45, 7) is 2.06. The molecule has 4 saturated carbocycles. The van der Waals surface area contributed by atoms with Crippen molar-refractivity contribution in [1.82, 2.24) is 0 Å². The molecule has 0 heterocycles. The molecule has 4 bridgehead atoms. The summed E-state index contributed by atoms with van der Waals surface area (Å²) >= 11 is 3.55. The molecule has 1 aromatic carbocycles. The Labute approximate surface area is 134 Å². The standard InChI is InChI=1S/C18H22BrNO/c1-11-2-3-15(19)16(4-11)20-17(21)18-8-12-5-13(9-18)7-14(6-12)10-18/h2-4,12-14H,5-10H2,1H3,(H,20,21). The van der Waals surface area contributed by atoms with Crippen LogP contribution in [0.15, 0.2) is 22.7 Å². The summed E-state index contributed by atoms with van der Waals surface area (Å²) in [4.78, 5) is 13.0. The number of carbonyl (C=O) groups excluding carboxylic acids is 1. The van der Waals surface area contributed by atoms with Gasteiger partial charge in [0, 0.05) is 4.47 Å². The fourth-order valence-electron chi connectivity index (χ4n) is 5.38. The van der Waals surface area contributed by atoms with Crippen molar-refractivity contribution < 1.29 is 4.79 Å². The lowest BCUT2D eigenvalue weighted by Gasteiger charge is -2.55. The van der Waals surface area contributed by atoms with Gasteiger partial charge < -0.3 is 5.32 Å². The molecule has 0 atom stereocenters. The molecule has 1 aromatic rings. The van der Waals surface area contributed by atoms with Gasteiger partial charge in [0.25, 0.3) is 0 Å². The van der Waals surface area contributed by atoms with Gasteiger partial charge in [0.05, 0.1) is 11.1 Å². The number of aryl methyl sites for hydroxylation is 1. The van der Waals surface area contributed by atoms with Crippen molar-refractivity contribution in [3.8, 4) is 0 Å². The van der Waals surface area contributed by atoms with E-state index in [9.17, 15) is 4.79 Å². The van der Waals surface area contributed by atoms with E-state index in [-0.39, 0.29) is 11.3 Å². The van der Waals surface area contributed by atoms with Gasteiger partial charge in [-0.1, -0.05) is 6.07 Å². The van der Waals surface area contributed by atoms with Crippen molar-refractivity contribution in [1.29, 1.82) is 0 Å². The van der Waals surface area contributed by atoms with Crippen LogP contribution in [0.4, 0.5) is 5.69 Å². The molecule has 21 heavy (non-hydrogen) atoms. The smallest absolute Gasteiger partial charge is 0.230 e. The summed E-state index contributed by atoms with van der Waals surface area (Å²) in [5, 5.41) is 3.22. The highest BCUT2D eigenvalue weighted by Crippen LogP contribution is 2.60. The summed E-state index contributed by atoms with van der Waals surface area (Å²) in [5.41, 5.74) is 2.03. The molecule has 0 unspecified atom stereocenters. The van der Waals surface area contributed by atoms with Crippen LogP contribution < -0.4 is 5.32 Å². The number of nitrogens with one attached hydrogen (secondary N) is 1. The quantitative estimate of drug-likeness (QED) is 0.808. The molecule has 2 nitrogen and oxygen atoms in total. The van der Waals surface area contributed by atoms with Gasteiger partial charge in [-0.15, -0.1) is 0 Å². The van der Waals surface area contributed by atoms with E-state index in [1.807, 2.05) is 6.07 Å². The van der Waals surface area contributed by atoms with Crippen LogP contribution >= 0.6 is 15.9 Å². The Morgan fingerprint density at radius 3 is 2.29 bits per heavy atom. The monoisotopic (exact) mass is 347 g/mol. The zero-order chi connectivity index (χ0) is 14.6. The second-order valence-electron chi connectivity index (χ2n) is 7.64. The van der Waals surface area contributed by atoms with Crippen LogP contribution in [-0.2, 0) is 4.79 Å².